The first-order chi connectivity index (χ1) is 12.6. The SMILES string of the molecule is CSc1ccc(C(=O)OCC(=O)NCCCN(C)c2ccccc2)cc1. The van der Waals surface area contributed by atoms with Crippen LogP contribution in [0.5, 0.6) is 0 Å². The molecule has 2 aromatic rings. The first-order valence-corrected chi connectivity index (χ1v) is 9.66. The van der Waals surface area contributed by atoms with Gasteiger partial charge in [0.15, 0.2) is 6.61 Å². The van der Waals surface area contributed by atoms with Crippen molar-refractivity contribution in [3.63, 3.8) is 0 Å². The predicted molar refractivity (Wildman–Crippen MR) is 106 cm³/mol. The second kappa shape index (κ2) is 10.5. The summed E-state index contributed by atoms with van der Waals surface area (Å²) in [6, 6.07) is 17.2. The maximum Gasteiger partial charge on any atom is 0.338 e. The van der Waals surface area contributed by atoms with Crippen LogP contribution in [-0.4, -0.2) is 44.9 Å². The molecule has 0 spiro atoms. The molecule has 0 unspecified atom stereocenters. The van der Waals surface area contributed by atoms with Crippen LogP contribution in [0.4, 0.5) is 5.69 Å². The van der Waals surface area contributed by atoms with Crippen molar-refractivity contribution in [3.8, 4) is 0 Å². The third-order valence-electron chi connectivity index (χ3n) is 3.85. The topological polar surface area (TPSA) is 58.6 Å². The van der Waals surface area contributed by atoms with Gasteiger partial charge in [0.2, 0.25) is 0 Å². The predicted octanol–water partition coefficient (Wildman–Crippen LogP) is 3.21. The van der Waals surface area contributed by atoms with Gasteiger partial charge in [-0.15, -0.1) is 11.8 Å². The lowest BCUT2D eigenvalue weighted by Crippen LogP contribution is -2.31. The maximum absolute atomic E-state index is 11.9. The maximum atomic E-state index is 11.9. The van der Waals surface area contributed by atoms with Crippen LogP contribution in [0.15, 0.2) is 59.5 Å². The third-order valence-corrected chi connectivity index (χ3v) is 4.59. The van der Waals surface area contributed by atoms with Gasteiger partial charge in [-0.05, 0) is 49.1 Å². The fourth-order valence-electron chi connectivity index (χ4n) is 2.35. The normalized spacial score (nSPS) is 10.2. The molecule has 0 saturated heterocycles. The van der Waals surface area contributed by atoms with Gasteiger partial charge in [-0.25, -0.2) is 4.79 Å². The van der Waals surface area contributed by atoms with Crippen LogP contribution in [0, 0.1) is 0 Å². The fourth-order valence-corrected chi connectivity index (χ4v) is 2.76. The molecule has 0 saturated carbocycles. The zero-order valence-electron chi connectivity index (χ0n) is 15.1. The van der Waals surface area contributed by atoms with E-state index in [-0.39, 0.29) is 12.5 Å². The molecule has 0 aliphatic rings. The van der Waals surface area contributed by atoms with Gasteiger partial charge in [-0.2, -0.15) is 0 Å². The summed E-state index contributed by atoms with van der Waals surface area (Å²) in [5.41, 5.74) is 1.58. The molecule has 0 radical (unpaired) electrons. The van der Waals surface area contributed by atoms with Gasteiger partial charge < -0.3 is 15.0 Å². The number of carbonyl (C=O) groups excluding carboxylic acids is 2. The smallest absolute Gasteiger partial charge is 0.338 e. The average molecular weight is 372 g/mol. The largest absolute Gasteiger partial charge is 0.452 e. The van der Waals surface area contributed by atoms with E-state index in [2.05, 4.69) is 10.2 Å². The Morgan fingerprint density at radius 1 is 1.08 bits per heavy atom. The molecule has 1 N–H and O–H groups in total. The summed E-state index contributed by atoms with van der Waals surface area (Å²) >= 11 is 1.60. The van der Waals surface area contributed by atoms with Crippen molar-refractivity contribution >= 4 is 29.3 Å². The summed E-state index contributed by atoms with van der Waals surface area (Å²) in [5, 5.41) is 2.77. The van der Waals surface area contributed by atoms with E-state index in [9.17, 15) is 9.59 Å². The second-order valence-corrected chi connectivity index (χ2v) is 6.64. The number of anilines is 1. The summed E-state index contributed by atoms with van der Waals surface area (Å²) in [7, 11) is 2.02. The average Bonchev–Trinajstić information content (AvgIpc) is 2.70. The number of nitrogens with zero attached hydrogens (tertiary/aromatic N) is 1. The molecule has 138 valence electrons. The highest BCUT2D eigenvalue weighted by molar-refractivity contribution is 7.98. The number of thioether (sulfide) groups is 1. The number of amides is 1. The van der Waals surface area contributed by atoms with E-state index in [1.807, 2.05) is 55.8 Å². The molecule has 6 heteroatoms. The van der Waals surface area contributed by atoms with Gasteiger partial charge in [0.1, 0.15) is 0 Å². The highest BCUT2D eigenvalue weighted by Crippen LogP contribution is 2.15. The minimum Gasteiger partial charge on any atom is -0.452 e. The molecule has 2 rings (SSSR count). The summed E-state index contributed by atoms with van der Waals surface area (Å²) in [6.07, 6.45) is 2.77. The number of benzene rings is 2. The Hall–Kier alpha value is -2.47. The lowest BCUT2D eigenvalue weighted by atomic mass is 10.2. The molecule has 0 heterocycles. The van der Waals surface area contributed by atoms with Crippen LogP contribution in [0.1, 0.15) is 16.8 Å². The van der Waals surface area contributed by atoms with Crippen molar-refractivity contribution in [2.75, 3.05) is 37.9 Å². The molecule has 0 bridgehead atoms. The van der Waals surface area contributed by atoms with Crippen LogP contribution in [0.25, 0.3) is 0 Å². The minimum absolute atomic E-state index is 0.266. The number of nitrogens with one attached hydrogen (secondary N) is 1. The van der Waals surface area contributed by atoms with Crippen molar-refractivity contribution in [2.24, 2.45) is 0 Å². The second-order valence-electron chi connectivity index (χ2n) is 5.77. The van der Waals surface area contributed by atoms with Crippen molar-refractivity contribution in [2.45, 2.75) is 11.3 Å². The van der Waals surface area contributed by atoms with Crippen LogP contribution < -0.4 is 10.2 Å². The number of rotatable bonds is 9. The van der Waals surface area contributed by atoms with Crippen molar-refractivity contribution in [1.29, 1.82) is 0 Å². The molecule has 0 aliphatic heterocycles. The van der Waals surface area contributed by atoms with Gasteiger partial charge in [-0.1, -0.05) is 18.2 Å². The van der Waals surface area contributed by atoms with E-state index in [0.717, 1.165) is 23.5 Å². The monoisotopic (exact) mass is 372 g/mol. The molecular formula is C20H24N2O3S. The van der Waals surface area contributed by atoms with Crippen LogP contribution in [0.3, 0.4) is 0 Å². The lowest BCUT2D eigenvalue weighted by Gasteiger charge is -2.19. The summed E-state index contributed by atoms with van der Waals surface area (Å²) in [4.78, 5) is 26.9. The number of hydrogen-bond donors (Lipinski definition) is 1. The Morgan fingerprint density at radius 3 is 2.42 bits per heavy atom. The summed E-state index contributed by atoms with van der Waals surface area (Å²) < 4.78 is 5.04. The molecule has 0 aliphatic carbocycles. The molecule has 0 aromatic heterocycles. The van der Waals surface area contributed by atoms with Crippen molar-refractivity contribution in [1.82, 2.24) is 5.32 Å². The Labute approximate surface area is 158 Å². The number of esters is 1. The molecule has 1 amide bonds. The molecular weight excluding hydrogens is 348 g/mol. The highest BCUT2D eigenvalue weighted by atomic mass is 32.2. The Morgan fingerprint density at radius 2 is 1.77 bits per heavy atom. The Kier molecular flexibility index (Phi) is 8.02. The molecule has 26 heavy (non-hydrogen) atoms. The molecule has 0 atom stereocenters. The lowest BCUT2D eigenvalue weighted by molar-refractivity contribution is -0.124. The number of ether oxygens (including phenoxy) is 1. The summed E-state index contributed by atoms with van der Waals surface area (Å²) in [6.45, 7) is 1.10. The van der Waals surface area contributed by atoms with E-state index in [1.54, 1.807) is 23.9 Å². The Bertz CT molecular complexity index is 705. The van der Waals surface area contributed by atoms with Gasteiger partial charge in [-0.3, -0.25) is 4.79 Å². The van der Waals surface area contributed by atoms with E-state index in [4.69, 9.17) is 4.74 Å². The number of carbonyl (C=O) groups is 2. The first kappa shape index (κ1) is 19.8. The van der Waals surface area contributed by atoms with Gasteiger partial charge in [0, 0.05) is 30.7 Å². The minimum atomic E-state index is -0.489. The van der Waals surface area contributed by atoms with Crippen molar-refractivity contribution < 1.29 is 14.3 Å². The molecule has 2 aromatic carbocycles. The third kappa shape index (κ3) is 6.44. The van der Waals surface area contributed by atoms with Gasteiger partial charge in [0.05, 0.1) is 5.56 Å². The van der Waals surface area contributed by atoms with E-state index >= 15 is 0 Å². The van der Waals surface area contributed by atoms with Crippen LogP contribution >= 0.6 is 11.8 Å². The van der Waals surface area contributed by atoms with E-state index in [0.29, 0.717) is 12.1 Å². The van der Waals surface area contributed by atoms with Gasteiger partial charge in [0.25, 0.3) is 5.91 Å². The first-order valence-electron chi connectivity index (χ1n) is 8.44. The summed E-state index contributed by atoms with van der Waals surface area (Å²) in [5.74, 6) is -0.780. The highest BCUT2D eigenvalue weighted by Gasteiger charge is 2.10. The van der Waals surface area contributed by atoms with Crippen LogP contribution in [0.2, 0.25) is 0 Å². The fraction of sp³-hybridized carbons (Fsp3) is 0.300. The van der Waals surface area contributed by atoms with Gasteiger partial charge >= 0.3 is 5.97 Å². The zero-order chi connectivity index (χ0) is 18.8. The standard InChI is InChI=1S/C20H24N2O3S/c1-22(17-7-4-3-5-8-17)14-6-13-21-19(23)15-25-20(24)16-9-11-18(26-2)12-10-16/h3-5,7-12H,6,13-15H2,1-2H3,(H,21,23). The Balaban J connectivity index is 1.63. The zero-order valence-corrected chi connectivity index (χ0v) is 15.9. The molecule has 5 nitrogen and oxygen atoms in total. The van der Waals surface area contributed by atoms with Crippen LogP contribution in [-0.2, 0) is 9.53 Å². The molecule has 0 fully saturated rings. The van der Waals surface area contributed by atoms with Crippen molar-refractivity contribution in [3.05, 3.63) is 60.2 Å². The number of para-hydroxylation sites is 1. The quantitative estimate of drug-likeness (QED) is 0.416. The number of hydrogen-bond acceptors (Lipinski definition) is 5. The van der Waals surface area contributed by atoms with E-state index < -0.39 is 5.97 Å². The van der Waals surface area contributed by atoms with E-state index in [1.165, 1.54) is 0 Å².